The summed E-state index contributed by atoms with van der Waals surface area (Å²) >= 11 is 0. The van der Waals surface area contributed by atoms with Gasteiger partial charge in [-0.2, -0.15) is 0 Å². The van der Waals surface area contributed by atoms with Crippen molar-refractivity contribution in [3.63, 3.8) is 0 Å². The van der Waals surface area contributed by atoms with Crippen LogP contribution >= 0.6 is 0 Å². The van der Waals surface area contributed by atoms with E-state index in [2.05, 4.69) is 5.32 Å². The van der Waals surface area contributed by atoms with E-state index in [0.717, 1.165) is 10.5 Å². The molecular formula is C20H27N3O5. The number of nitrogens with one attached hydrogen (secondary N) is 1. The van der Waals surface area contributed by atoms with Crippen molar-refractivity contribution in [2.45, 2.75) is 38.3 Å². The van der Waals surface area contributed by atoms with E-state index in [-0.39, 0.29) is 25.6 Å². The monoisotopic (exact) mass is 389 g/mol. The number of hydrogen-bond donors (Lipinski definition) is 3. The van der Waals surface area contributed by atoms with Crippen molar-refractivity contribution in [3.8, 4) is 0 Å². The third-order valence-electron chi connectivity index (χ3n) is 5.69. The summed E-state index contributed by atoms with van der Waals surface area (Å²) in [6, 6.07) is 8.91. The largest absolute Gasteiger partial charge is 0.396 e. The van der Waals surface area contributed by atoms with E-state index in [1.165, 1.54) is 4.90 Å². The SMILES string of the molecule is CC1(C)NC(=O)N(CC(=O)N2CC[C@@H](O)[C@@](CO)(Cc3ccccc3)C2)C1=O. The average Bonchev–Trinajstić information content (AvgIpc) is 2.86. The molecule has 1 aromatic rings. The van der Waals surface area contributed by atoms with Gasteiger partial charge in [-0.25, -0.2) is 4.79 Å². The van der Waals surface area contributed by atoms with Crippen LogP contribution in [-0.2, 0) is 16.0 Å². The molecule has 8 nitrogen and oxygen atoms in total. The fourth-order valence-electron chi connectivity index (χ4n) is 3.95. The highest BCUT2D eigenvalue weighted by atomic mass is 16.3. The molecule has 0 unspecified atom stereocenters. The van der Waals surface area contributed by atoms with Crippen LogP contribution < -0.4 is 5.32 Å². The molecule has 8 heteroatoms. The van der Waals surface area contributed by atoms with Crippen molar-refractivity contribution >= 4 is 17.8 Å². The van der Waals surface area contributed by atoms with Gasteiger partial charge in [-0.15, -0.1) is 0 Å². The van der Waals surface area contributed by atoms with Crippen LogP contribution in [0.3, 0.4) is 0 Å². The van der Waals surface area contributed by atoms with Crippen molar-refractivity contribution in [2.24, 2.45) is 5.41 Å². The summed E-state index contributed by atoms with van der Waals surface area (Å²) in [6.45, 7) is 3.02. The Kier molecular flexibility index (Phi) is 5.45. The van der Waals surface area contributed by atoms with Crippen LogP contribution in [0.2, 0.25) is 0 Å². The van der Waals surface area contributed by atoms with E-state index in [4.69, 9.17) is 0 Å². The van der Waals surface area contributed by atoms with Gasteiger partial charge in [0, 0.05) is 18.5 Å². The van der Waals surface area contributed by atoms with Crippen molar-refractivity contribution in [3.05, 3.63) is 35.9 Å². The number of amides is 4. The summed E-state index contributed by atoms with van der Waals surface area (Å²) < 4.78 is 0. The molecule has 152 valence electrons. The smallest absolute Gasteiger partial charge is 0.325 e. The van der Waals surface area contributed by atoms with Crippen LogP contribution in [0.15, 0.2) is 30.3 Å². The number of aliphatic hydroxyl groups is 2. The number of hydrogen-bond acceptors (Lipinski definition) is 5. The molecule has 2 atom stereocenters. The van der Waals surface area contributed by atoms with E-state index in [9.17, 15) is 24.6 Å². The number of nitrogens with zero attached hydrogens (tertiary/aromatic N) is 2. The van der Waals surface area contributed by atoms with Crippen LogP contribution in [0.25, 0.3) is 0 Å². The maximum atomic E-state index is 12.8. The molecule has 2 aliphatic rings. The zero-order valence-electron chi connectivity index (χ0n) is 16.2. The highest BCUT2D eigenvalue weighted by Crippen LogP contribution is 2.34. The van der Waals surface area contributed by atoms with Gasteiger partial charge in [0.05, 0.1) is 12.7 Å². The van der Waals surface area contributed by atoms with E-state index in [1.54, 1.807) is 13.8 Å². The van der Waals surface area contributed by atoms with E-state index < -0.39 is 29.0 Å². The van der Waals surface area contributed by atoms with Gasteiger partial charge in [-0.3, -0.25) is 14.5 Å². The normalized spacial score (nSPS) is 27.1. The molecule has 28 heavy (non-hydrogen) atoms. The van der Waals surface area contributed by atoms with Crippen LogP contribution in [0.1, 0.15) is 25.8 Å². The molecule has 4 amide bonds. The summed E-state index contributed by atoms with van der Waals surface area (Å²) in [6.07, 6.45) is -0.00615. The first-order valence-electron chi connectivity index (χ1n) is 9.43. The lowest BCUT2D eigenvalue weighted by molar-refractivity contribution is -0.145. The predicted octanol–water partition coefficient (Wildman–Crippen LogP) is 0.131. The molecule has 2 fully saturated rings. The Bertz CT molecular complexity index is 766. The third-order valence-corrected chi connectivity index (χ3v) is 5.69. The number of carbonyl (C=O) groups excluding carboxylic acids is 3. The lowest BCUT2D eigenvalue weighted by Crippen LogP contribution is -2.58. The first-order valence-corrected chi connectivity index (χ1v) is 9.43. The molecular weight excluding hydrogens is 362 g/mol. The Morgan fingerprint density at radius 3 is 2.50 bits per heavy atom. The standard InChI is InChI=1S/C20H27N3O5/c1-19(2)17(27)23(18(28)21-19)11-16(26)22-9-8-15(25)20(12-22,13-24)10-14-6-4-3-5-7-14/h3-7,15,24-25H,8-13H2,1-2H3,(H,21,28)/t15-,20+/m1/s1. The van der Waals surface area contributed by atoms with Gasteiger partial charge in [0.15, 0.2) is 0 Å². The molecule has 0 aliphatic carbocycles. The number of carbonyl (C=O) groups is 3. The van der Waals surface area contributed by atoms with E-state index in [0.29, 0.717) is 19.4 Å². The fraction of sp³-hybridized carbons (Fsp3) is 0.550. The Labute approximate surface area is 164 Å². The molecule has 2 heterocycles. The second kappa shape index (κ2) is 7.52. The zero-order chi connectivity index (χ0) is 20.5. The van der Waals surface area contributed by atoms with Crippen molar-refractivity contribution < 1.29 is 24.6 Å². The van der Waals surface area contributed by atoms with Crippen molar-refractivity contribution in [2.75, 3.05) is 26.2 Å². The van der Waals surface area contributed by atoms with Crippen LogP contribution in [0, 0.1) is 5.41 Å². The maximum absolute atomic E-state index is 12.8. The molecule has 0 spiro atoms. The first kappa shape index (κ1) is 20.3. The fourth-order valence-corrected chi connectivity index (χ4v) is 3.95. The van der Waals surface area contributed by atoms with Gasteiger partial charge < -0.3 is 20.4 Å². The lowest BCUT2D eigenvalue weighted by atomic mass is 9.73. The Balaban J connectivity index is 1.73. The zero-order valence-corrected chi connectivity index (χ0v) is 16.2. The highest BCUT2D eigenvalue weighted by Gasteiger charge is 2.47. The minimum Gasteiger partial charge on any atom is -0.396 e. The molecule has 2 saturated heterocycles. The van der Waals surface area contributed by atoms with Gasteiger partial charge in [0.2, 0.25) is 5.91 Å². The summed E-state index contributed by atoms with van der Waals surface area (Å²) in [5, 5.41) is 23.2. The second-order valence-electron chi connectivity index (χ2n) is 8.25. The number of benzene rings is 1. The quantitative estimate of drug-likeness (QED) is 0.620. The molecule has 0 bridgehead atoms. The number of urea groups is 1. The number of imide groups is 1. The first-order chi connectivity index (χ1) is 13.2. The van der Waals surface area contributed by atoms with Crippen LogP contribution in [0.4, 0.5) is 4.79 Å². The third kappa shape index (κ3) is 3.74. The molecule has 0 saturated carbocycles. The molecule has 0 radical (unpaired) electrons. The van der Waals surface area contributed by atoms with Gasteiger partial charge >= 0.3 is 6.03 Å². The minimum atomic E-state index is -1.03. The van der Waals surface area contributed by atoms with Crippen LogP contribution in [0.5, 0.6) is 0 Å². The Hall–Kier alpha value is -2.45. The van der Waals surface area contributed by atoms with Gasteiger partial charge in [-0.05, 0) is 32.3 Å². The summed E-state index contributed by atoms with van der Waals surface area (Å²) in [5.41, 5.74) is -0.954. The summed E-state index contributed by atoms with van der Waals surface area (Å²) in [7, 11) is 0. The molecule has 1 aromatic carbocycles. The van der Waals surface area contributed by atoms with E-state index >= 15 is 0 Å². The molecule has 2 aliphatic heterocycles. The number of aliphatic hydroxyl groups excluding tert-OH is 2. The number of rotatable bonds is 5. The summed E-state index contributed by atoms with van der Waals surface area (Å²) in [4.78, 5) is 39.6. The van der Waals surface area contributed by atoms with Gasteiger partial charge in [0.25, 0.3) is 5.91 Å². The Morgan fingerprint density at radius 1 is 1.25 bits per heavy atom. The molecule has 3 N–H and O–H groups in total. The van der Waals surface area contributed by atoms with Crippen molar-refractivity contribution in [1.82, 2.24) is 15.1 Å². The lowest BCUT2D eigenvalue weighted by Gasteiger charge is -2.45. The predicted molar refractivity (Wildman–Crippen MR) is 101 cm³/mol. The topological polar surface area (TPSA) is 110 Å². The second-order valence-corrected chi connectivity index (χ2v) is 8.25. The average molecular weight is 389 g/mol. The van der Waals surface area contributed by atoms with Gasteiger partial charge in [0.1, 0.15) is 12.1 Å². The van der Waals surface area contributed by atoms with Crippen molar-refractivity contribution in [1.29, 1.82) is 0 Å². The highest BCUT2D eigenvalue weighted by molar-refractivity contribution is 6.08. The van der Waals surface area contributed by atoms with Crippen LogP contribution in [-0.4, -0.2) is 75.7 Å². The summed E-state index contributed by atoms with van der Waals surface area (Å²) in [5.74, 6) is -0.820. The molecule has 3 rings (SSSR count). The minimum absolute atomic E-state index is 0.158. The Morgan fingerprint density at radius 2 is 1.93 bits per heavy atom. The maximum Gasteiger partial charge on any atom is 0.325 e. The number of piperidine rings is 1. The van der Waals surface area contributed by atoms with Gasteiger partial charge in [-0.1, -0.05) is 30.3 Å². The van der Waals surface area contributed by atoms with E-state index in [1.807, 2.05) is 30.3 Å². The number of likely N-dealkylation sites (tertiary alicyclic amines) is 1. The molecule has 0 aromatic heterocycles.